The molecular weight excluding hydrogens is 328 g/mol. The molecule has 1 N–H and O–H groups in total. The normalized spacial score (nSPS) is 12.2. The molecule has 6 nitrogen and oxygen atoms in total. The standard InChI is InChI=1S/C17H17ClN4O2/c18-14-3-1-13(2-4-14)11-24-12-15(23)10-22-8-7-21-17(22)16-9-19-5-6-20-16/h1-9,15,23H,10-12H2. The van der Waals surface area contributed by atoms with Crippen molar-refractivity contribution in [1.29, 1.82) is 0 Å². The first kappa shape index (κ1) is 16.6. The Labute approximate surface area is 144 Å². The van der Waals surface area contributed by atoms with E-state index in [1.807, 2.05) is 28.8 Å². The molecule has 0 spiro atoms. The van der Waals surface area contributed by atoms with Gasteiger partial charge in [-0.25, -0.2) is 9.97 Å². The van der Waals surface area contributed by atoms with Gasteiger partial charge >= 0.3 is 0 Å². The summed E-state index contributed by atoms with van der Waals surface area (Å²) in [6, 6.07) is 7.43. The van der Waals surface area contributed by atoms with Crippen molar-refractivity contribution in [3.8, 4) is 11.5 Å². The highest BCUT2D eigenvalue weighted by Crippen LogP contribution is 2.14. The first-order valence-electron chi connectivity index (χ1n) is 7.50. The molecular formula is C17H17ClN4O2. The first-order chi connectivity index (χ1) is 11.7. The van der Waals surface area contributed by atoms with E-state index in [-0.39, 0.29) is 6.61 Å². The third-order valence-corrected chi connectivity index (χ3v) is 3.66. The molecule has 0 radical (unpaired) electrons. The lowest BCUT2D eigenvalue weighted by molar-refractivity contribution is 0.0205. The zero-order chi connectivity index (χ0) is 16.8. The molecule has 3 aromatic rings. The minimum Gasteiger partial charge on any atom is -0.389 e. The predicted octanol–water partition coefficient (Wildman–Crippen LogP) is 2.57. The van der Waals surface area contributed by atoms with E-state index in [0.29, 0.717) is 29.7 Å². The number of halogens is 1. The van der Waals surface area contributed by atoms with Gasteiger partial charge in [-0.2, -0.15) is 0 Å². The lowest BCUT2D eigenvalue weighted by atomic mass is 10.2. The molecule has 1 unspecified atom stereocenters. The summed E-state index contributed by atoms with van der Waals surface area (Å²) < 4.78 is 7.39. The molecule has 0 aliphatic carbocycles. The second-order valence-corrected chi connectivity index (χ2v) is 5.73. The van der Waals surface area contributed by atoms with Crippen LogP contribution in [0.15, 0.2) is 55.2 Å². The van der Waals surface area contributed by atoms with Crippen LogP contribution >= 0.6 is 11.6 Å². The number of ether oxygens (including phenoxy) is 1. The van der Waals surface area contributed by atoms with Crippen LogP contribution in [0.3, 0.4) is 0 Å². The molecule has 0 bridgehead atoms. The van der Waals surface area contributed by atoms with Crippen LogP contribution in [0.5, 0.6) is 0 Å². The number of rotatable bonds is 7. The maximum atomic E-state index is 10.2. The van der Waals surface area contributed by atoms with Crippen molar-refractivity contribution in [2.45, 2.75) is 19.3 Å². The molecule has 0 saturated carbocycles. The highest BCUT2D eigenvalue weighted by Gasteiger charge is 2.12. The topological polar surface area (TPSA) is 73.1 Å². The van der Waals surface area contributed by atoms with Gasteiger partial charge in [0.25, 0.3) is 0 Å². The number of benzene rings is 1. The third kappa shape index (κ3) is 4.38. The molecule has 0 saturated heterocycles. The molecule has 0 aliphatic rings. The van der Waals surface area contributed by atoms with Gasteiger partial charge < -0.3 is 14.4 Å². The summed E-state index contributed by atoms with van der Waals surface area (Å²) in [5.74, 6) is 0.667. The van der Waals surface area contributed by atoms with Gasteiger partial charge in [0.15, 0.2) is 5.82 Å². The van der Waals surface area contributed by atoms with Crippen LogP contribution in [-0.4, -0.2) is 37.3 Å². The largest absolute Gasteiger partial charge is 0.389 e. The zero-order valence-electron chi connectivity index (χ0n) is 12.9. The monoisotopic (exact) mass is 344 g/mol. The number of hydrogen-bond donors (Lipinski definition) is 1. The molecule has 24 heavy (non-hydrogen) atoms. The zero-order valence-corrected chi connectivity index (χ0v) is 13.7. The van der Waals surface area contributed by atoms with E-state index in [9.17, 15) is 5.11 Å². The van der Waals surface area contributed by atoms with Crippen molar-refractivity contribution in [1.82, 2.24) is 19.5 Å². The quantitative estimate of drug-likeness (QED) is 0.713. The van der Waals surface area contributed by atoms with Crippen LogP contribution in [-0.2, 0) is 17.9 Å². The number of aliphatic hydroxyl groups excluding tert-OH is 1. The molecule has 3 rings (SSSR count). The minimum absolute atomic E-state index is 0.223. The Bertz CT molecular complexity index is 762. The maximum Gasteiger partial charge on any atom is 0.160 e. The fourth-order valence-corrected chi connectivity index (χ4v) is 2.40. The van der Waals surface area contributed by atoms with Crippen molar-refractivity contribution < 1.29 is 9.84 Å². The third-order valence-electron chi connectivity index (χ3n) is 3.41. The number of aromatic nitrogens is 4. The molecule has 1 atom stereocenters. The van der Waals surface area contributed by atoms with Crippen molar-refractivity contribution in [3.05, 3.63) is 65.8 Å². The summed E-state index contributed by atoms with van der Waals surface area (Å²) in [4.78, 5) is 12.5. The van der Waals surface area contributed by atoms with Crippen LogP contribution < -0.4 is 0 Å². The number of aliphatic hydroxyl groups is 1. The van der Waals surface area contributed by atoms with Crippen LogP contribution in [0.4, 0.5) is 0 Å². The average Bonchev–Trinajstić information content (AvgIpc) is 3.05. The SMILES string of the molecule is OC(COCc1ccc(Cl)cc1)Cn1ccnc1-c1cnccn1. The summed E-state index contributed by atoms with van der Waals surface area (Å²) >= 11 is 5.84. The molecule has 2 heterocycles. The van der Waals surface area contributed by atoms with Gasteiger partial charge in [0.05, 0.1) is 32.1 Å². The summed E-state index contributed by atoms with van der Waals surface area (Å²) in [6.07, 6.45) is 7.68. The van der Waals surface area contributed by atoms with Crippen LogP contribution in [0, 0.1) is 0 Å². The van der Waals surface area contributed by atoms with Gasteiger partial charge in [-0.15, -0.1) is 0 Å². The van der Waals surface area contributed by atoms with E-state index in [2.05, 4.69) is 15.0 Å². The second-order valence-electron chi connectivity index (χ2n) is 5.29. The van der Waals surface area contributed by atoms with Crippen molar-refractivity contribution in [3.63, 3.8) is 0 Å². The fraction of sp³-hybridized carbons (Fsp3) is 0.235. The van der Waals surface area contributed by atoms with E-state index in [1.54, 1.807) is 31.0 Å². The lowest BCUT2D eigenvalue weighted by Gasteiger charge is -2.14. The molecule has 0 fully saturated rings. The van der Waals surface area contributed by atoms with E-state index in [0.717, 1.165) is 5.56 Å². The van der Waals surface area contributed by atoms with E-state index >= 15 is 0 Å². The van der Waals surface area contributed by atoms with Gasteiger partial charge in [0.2, 0.25) is 0 Å². The summed E-state index contributed by atoms with van der Waals surface area (Å²) in [6.45, 7) is 1.02. The Hall–Kier alpha value is -2.28. The van der Waals surface area contributed by atoms with Gasteiger partial charge in [-0.05, 0) is 17.7 Å². The fourth-order valence-electron chi connectivity index (χ4n) is 2.28. The number of imidazole rings is 1. The van der Waals surface area contributed by atoms with Gasteiger partial charge in [-0.3, -0.25) is 4.98 Å². The Morgan fingerprint density at radius 1 is 1.12 bits per heavy atom. The van der Waals surface area contributed by atoms with Crippen LogP contribution in [0.2, 0.25) is 5.02 Å². The molecule has 124 valence electrons. The average molecular weight is 345 g/mol. The van der Waals surface area contributed by atoms with E-state index in [1.165, 1.54) is 0 Å². The predicted molar refractivity (Wildman–Crippen MR) is 90.4 cm³/mol. The Balaban J connectivity index is 1.53. The molecule has 2 aromatic heterocycles. The Kier molecular flexibility index (Phi) is 5.53. The van der Waals surface area contributed by atoms with Crippen LogP contribution in [0.1, 0.15) is 5.56 Å². The van der Waals surface area contributed by atoms with Crippen molar-refractivity contribution in [2.75, 3.05) is 6.61 Å². The first-order valence-corrected chi connectivity index (χ1v) is 7.88. The second kappa shape index (κ2) is 8.01. The van der Waals surface area contributed by atoms with Crippen LogP contribution in [0.25, 0.3) is 11.5 Å². The van der Waals surface area contributed by atoms with Crippen molar-refractivity contribution >= 4 is 11.6 Å². The summed E-state index contributed by atoms with van der Waals surface area (Å²) in [7, 11) is 0. The Morgan fingerprint density at radius 3 is 2.71 bits per heavy atom. The van der Waals surface area contributed by atoms with E-state index in [4.69, 9.17) is 16.3 Å². The lowest BCUT2D eigenvalue weighted by Crippen LogP contribution is -2.22. The molecule has 0 aliphatic heterocycles. The minimum atomic E-state index is -0.651. The molecule has 7 heteroatoms. The summed E-state index contributed by atoms with van der Waals surface area (Å²) in [5, 5.41) is 10.9. The van der Waals surface area contributed by atoms with E-state index < -0.39 is 6.10 Å². The molecule has 1 aromatic carbocycles. The number of nitrogens with zero attached hydrogens (tertiary/aromatic N) is 4. The molecule has 0 amide bonds. The van der Waals surface area contributed by atoms with Gasteiger partial charge in [-0.1, -0.05) is 23.7 Å². The van der Waals surface area contributed by atoms with Crippen molar-refractivity contribution in [2.24, 2.45) is 0 Å². The highest BCUT2D eigenvalue weighted by atomic mass is 35.5. The van der Waals surface area contributed by atoms with Gasteiger partial charge in [0, 0.05) is 29.8 Å². The smallest absolute Gasteiger partial charge is 0.160 e. The number of hydrogen-bond acceptors (Lipinski definition) is 5. The van der Waals surface area contributed by atoms with Gasteiger partial charge in [0.1, 0.15) is 5.69 Å². The highest BCUT2D eigenvalue weighted by molar-refractivity contribution is 6.30. The maximum absolute atomic E-state index is 10.2. The Morgan fingerprint density at radius 2 is 1.96 bits per heavy atom. The summed E-state index contributed by atoms with van der Waals surface area (Å²) in [5.41, 5.74) is 1.67.